The standard InChI is InChI=1S/C17H25NO6/c1-16(2,3)24-15(21)18-11-9-13(23-7)12(22-6)8-10(11)17(4,5)14(19)20/h8-9H,1-7H3,(H,18,21)(H,19,20). The molecule has 0 spiro atoms. The predicted octanol–water partition coefficient (Wildman–Crippen LogP) is 3.41. The normalized spacial score (nSPS) is 11.6. The van der Waals surface area contributed by atoms with Gasteiger partial charge in [-0.2, -0.15) is 0 Å². The van der Waals surface area contributed by atoms with Crippen LogP contribution in [-0.2, 0) is 14.9 Å². The molecule has 134 valence electrons. The summed E-state index contributed by atoms with van der Waals surface area (Å²) in [5.74, 6) is -0.299. The number of carboxylic acids is 1. The molecule has 0 aliphatic heterocycles. The van der Waals surface area contributed by atoms with E-state index < -0.39 is 23.1 Å². The first-order valence-electron chi connectivity index (χ1n) is 7.42. The fourth-order valence-electron chi connectivity index (χ4n) is 2.03. The number of hydrogen-bond acceptors (Lipinski definition) is 5. The second-order valence-corrected chi connectivity index (χ2v) is 6.81. The van der Waals surface area contributed by atoms with Crippen LogP contribution >= 0.6 is 0 Å². The van der Waals surface area contributed by atoms with Crippen molar-refractivity contribution in [1.29, 1.82) is 0 Å². The summed E-state index contributed by atoms with van der Waals surface area (Å²) < 4.78 is 15.7. The zero-order valence-electron chi connectivity index (χ0n) is 15.1. The largest absolute Gasteiger partial charge is 0.493 e. The van der Waals surface area contributed by atoms with E-state index in [2.05, 4.69) is 5.32 Å². The van der Waals surface area contributed by atoms with Crippen LogP contribution in [0.3, 0.4) is 0 Å². The second kappa shape index (κ2) is 6.98. The van der Waals surface area contributed by atoms with E-state index in [9.17, 15) is 14.7 Å². The smallest absolute Gasteiger partial charge is 0.412 e. The molecule has 0 unspecified atom stereocenters. The van der Waals surface area contributed by atoms with Crippen molar-refractivity contribution in [2.75, 3.05) is 19.5 Å². The van der Waals surface area contributed by atoms with E-state index in [1.165, 1.54) is 34.1 Å². The molecule has 0 heterocycles. The molecule has 0 fully saturated rings. The van der Waals surface area contributed by atoms with Gasteiger partial charge < -0.3 is 19.3 Å². The van der Waals surface area contributed by atoms with Crippen LogP contribution in [0.5, 0.6) is 11.5 Å². The number of carbonyl (C=O) groups is 2. The molecule has 0 radical (unpaired) electrons. The first kappa shape index (κ1) is 19.6. The fraction of sp³-hybridized carbons (Fsp3) is 0.529. The average Bonchev–Trinajstić information content (AvgIpc) is 2.44. The Labute approximate surface area is 141 Å². The molecule has 0 aromatic heterocycles. The number of anilines is 1. The maximum absolute atomic E-state index is 12.1. The number of methoxy groups -OCH3 is 2. The van der Waals surface area contributed by atoms with Crippen LogP contribution in [0.1, 0.15) is 40.2 Å². The highest BCUT2D eigenvalue weighted by molar-refractivity contribution is 5.90. The summed E-state index contributed by atoms with van der Waals surface area (Å²) in [4.78, 5) is 23.7. The molecule has 1 rings (SSSR count). The van der Waals surface area contributed by atoms with Gasteiger partial charge in [0.05, 0.1) is 25.3 Å². The lowest BCUT2D eigenvalue weighted by Crippen LogP contribution is -2.32. The Bertz CT molecular complexity index is 631. The van der Waals surface area contributed by atoms with E-state index in [4.69, 9.17) is 14.2 Å². The first-order chi connectivity index (χ1) is 10.9. The molecule has 0 aliphatic rings. The molecule has 7 heteroatoms. The SMILES string of the molecule is COc1cc(NC(=O)OC(C)(C)C)c(C(C)(C)C(=O)O)cc1OC. The molecule has 0 atom stereocenters. The van der Waals surface area contributed by atoms with Crippen molar-refractivity contribution in [1.82, 2.24) is 0 Å². The van der Waals surface area contributed by atoms with E-state index in [0.717, 1.165) is 0 Å². The first-order valence-corrected chi connectivity index (χ1v) is 7.42. The number of carboxylic acid groups (broad SMARTS) is 1. The third-order valence-corrected chi connectivity index (χ3v) is 3.37. The molecule has 7 nitrogen and oxygen atoms in total. The summed E-state index contributed by atoms with van der Waals surface area (Å²) in [6.07, 6.45) is -0.683. The Morgan fingerprint density at radius 3 is 1.92 bits per heavy atom. The minimum atomic E-state index is -1.26. The molecule has 0 saturated carbocycles. The third kappa shape index (κ3) is 4.53. The molecule has 24 heavy (non-hydrogen) atoms. The minimum absolute atomic E-state index is 0.286. The van der Waals surface area contributed by atoms with Crippen molar-refractivity contribution < 1.29 is 28.9 Å². The Morgan fingerprint density at radius 1 is 1.00 bits per heavy atom. The van der Waals surface area contributed by atoms with Crippen molar-refractivity contribution in [2.45, 2.75) is 45.6 Å². The number of benzene rings is 1. The summed E-state index contributed by atoms with van der Waals surface area (Å²) in [5.41, 5.74) is -1.28. The van der Waals surface area contributed by atoms with E-state index >= 15 is 0 Å². The van der Waals surface area contributed by atoms with Crippen LogP contribution in [0.15, 0.2) is 12.1 Å². The number of aliphatic carboxylic acids is 1. The van der Waals surface area contributed by atoms with Crippen LogP contribution in [-0.4, -0.2) is 37.0 Å². The number of carbonyl (C=O) groups excluding carboxylic acids is 1. The molecule has 1 aromatic carbocycles. The van der Waals surface area contributed by atoms with Gasteiger partial charge in [-0.25, -0.2) is 4.79 Å². The molecular weight excluding hydrogens is 314 g/mol. The van der Waals surface area contributed by atoms with Crippen molar-refractivity contribution in [3.05, 3.63) is 17.7 Å². The second-order valence-electron chi connectivity index (χ2n) is 6.81. The van der Waals surface area contributed by atoms with Crippen LogP contribution in [0.2, 0.25) is 0 Å². The lowest BCUT2D eigenvalue weighted by atomic mass is 9.83. The van der Waals surface area contributed by atoms with Crippen LogP contribution in [0.25, 0.3) is 0 Å². The number of hydrogen-bond donors (Lipinski definition) is 2. The van der Waals surface area contributed by atoms with Gasteiger partial charge in [-0.1, -0.05) is 0 Å². The Hall–Kier alpha value is -2.44. The Kier molecular flexibility index (Phi) is 5.71. The lowest BCUT2D eigenvalue weighted by Gasteiger charge is -2.26. The maximum Gasteiger partial charge on any atom is 0.412 e. The van der Waals surface area contributed by atoms with Crippen molar-refractivity contribution in [3.8, 4) is 11.5 Å². The number of nitrogens with one attached hydrogen (secondary N) is 1. The highest BCUT2D eigenvalue weighted by Crippen LogP contribution is 2.39. The van der Waals surface area contributed by atoms with Crippen LogP contribution < -0.4 is 14.8 Å². The van der Waals surface area contributed by atoms with Crippen molar-refractivity contribution >= 4 is 17.7 Å². The minimum Gasteiger partial charge on any atom is -0.493 e. The van der Waals surface area contributed by atoms with Gasteiger partial charge in [0, 0.05) is 6.07 Å². The summed E-state index contributed by atoms with van der Waals surface area (Å²) in [5, 5.41) is 12.1. The summed E-state index contributed by atoms with van der Waals surface area (Å²) in [6, 6.07) is 3.06. The molecule has 0 bridgehead atoms. The zero-order valence-corrected chi connectivity index (χ0v) is 15.1. The summed E-state index contributed by atoms with van der Waals surface area (Å²) in [7, 11) is 2.91. The van der Waals surface area contributed by atoms with Gasteiger partial charge in [0.25, 0.3) is 0 Å². The molecule has 0 aliphatic carbocycles. The molecule has 2 N–H and O–H groups in total. The fourth-order valence-corrected chi connectivity index (χ4v) is 2.03. The number of rotatable bonds is 5. The number of amides is 1. The van der Waals surface area contributed by atoms with E-state index in [1.54, 1.807) is 26.8 Å². The Balaban J connectivity index is 3.40. The topological polar surface area (TPSA) is 94.1 Å². The van der Waals surface area contributed by atoms with Gasteiger partial charge in [-0.05, 0) is 46.2 Å². The van der Waals surface area contributed by atoms with Gasteiger partial charge in [0.15, 0.2) is 11.5 Å². The predicted molar refractivity (Wildman–Crippen MR) is 90.1 cm³/mol. The van der Waals surface area contributed by atoms with E-state index in [1.807, 2.05) is 0 Å². The maximum atomic E-state index is 12.1. The molecule has 1 amide bonds. The molecule has 0 saturated heterocycles. The summed E-state index contributed by atoms with van der Waals surface area (Å²) in [6.45, 7) is 8.30. The average molecular weight is 339 g/mol. The Morgan fingerprint density at radius 2 is 1.50 bits per heavy atom. The monoisotopic (exact) mass is 339 g/mol. The quantitative estimate of drug-likeness (QED) is 0.854. The molecular formula is C17H25NO6. The van der Waals surface area contributed by atoms with Crippen molar-refractivity contribution in [3.63, 3.8) is 0 Å². The number of ether oxygens (including phenoxy) is 3. The van der Waals surface area contributed by atoms with E-state index in [-0.39, 0.29) is 5.69 Å². The third-order valence-electron chi connectivity index (χ3n) is 3.37. The van der Waals surface area contributed by atoms with Gasteiger partial charge in [0.2, 0.25) is 0 Å². The van der Waals surface area contributed by atoms with Crippen LogP contribution in [0, 0.1) is 0 Å². The highest BCUT2D eigenvalue weighted by atomic mass is 16.6. The summed E-state index contributed by atoms with van der Waals surface area (Å²) >= 11 is 0. The van der Waals surface area contributed by atoms with Crippen LogP contribution in [0.4, 0.5) is 10.5 Å². The van der Waals surface area contributed by atoms with Crippen molar-refractivity contribution in [2.24, 2.45) is 0 Å². The zero-order chi connectivity index (χ0) is 18.7. The van der Waals surface area contributed by atoms with Gasteiger partial charge in [0.1, 0.15) is 5.60 Å². The van der Waals surface area contributed by atoms with E-state index in [0.29, 0.717) is 17.1 Å². The van der Waals surface area contributed by atoms with Gasteiger partial charge in [-0.3, -0.25) is 10.1 Å². The molecule has 1 aromatic rings. The lowest BCUT2D eigenvalue weighted by molar-refractivity contribution is -0.142. The van der Waals surface area contributed by atoms with Gasteiger partial charge in [-0.15, -0.1) is 0 Å². The van der Waals surface area contributed by atoms with Gasteiger partial charge >= 0.3 is 12.1 Å². The highest BCUT2D eigenvalue weighted by Gasteiger charge is 2.34.